The van der Waals surface area contributed by atoms with E-state index < -0.39 is 0 Å². The van der Waals surface area contributed by atoms with Gasteiger partial charge in [-0.25, -0.2) is 0 Å². The van der Waals surface area contributed by atoms with Gasteiger partial charge >= 0.3 is 0 Å². The number of nitrogens with zero attached hydrogens (tertiary/aromatic N) is 2. The number of hydrogen-bond acceptors (Lipinski definition) is 3. The van der Waals surface area contributed by atoms with Crippen LogP contribution in [-0.4, -0.2) is 21.1 Å². The molecule has 2 N–H and O–H groups in total. The second-order valence-corrected chi connectivity index (χ2v) is 6.65. The molecular weight excluding hydrogens is 324 g/mol. The third-order valence-corrected chi connectivity index (χ3v) is 5.12. The van der Waals surface area contributed by atoms with Crippen LogP contribution in [0.15, 0.2) is 48.8 Å². The highest BCUT2D eigenvalue weighted by atomic mass is 16.2. The topological polar surface area (TPSA) is 70.7 Å². The molecule has 26 heavy (non-hydrogen) atoms. The van der Waals surface area contributed by atoms with E-state index in [2.05, 4.69) is 39.6 Å². The summed E-state index contributed by atoms with van der Waals surface area (Å²) in [6.07, 6.45) is 7.27. The van der Waals surface area contributed by atoms with E-state index in [-0.39, 0.29) is 11.8 Å². The van der Waals surface area contributed by atoms with Gasteiger partial charge in [-0.15, -0.1) is 0 Å². The number of carbonyl (C=O) groups excluding carboxylic acids is 1. The minimum absolute atomic E-state index is 0.0274. The maximum absolute atomic E-state index is 13.0. The number of amides is 1. The number of pyridine rings is 1. The van der Waals surface area contributed by atoms with E-state index in [1.807, 2.05) is 24.3 Å². The van der Waals surface area contributed by atoms with Crippen LogP contribution in [0.2, 0.25) is 0 Å². The fraction of sp³-hybridized carbons (Fsp3) is 0.286. The van der Waals surface area contributed by atoms with Crippen molar-refractivity contribution in [2.75, 3.05) is 5.32 Å². The summed E-state index contributed by atoms with van der Waals surface area (Å²) >= 11 is 0. The number of rotatable bonds is 4. The van der Waals surface area contributed by atoms with E-state index in [0.717, 1.165) is 48.1 Å². The van der Waals surface area contributed by atoms with Gasteiger partial charge in [0.1, 0.15) is 0 Å². The Labute approximate surface area is 152 Å². The Kier molecular flexibility index (Phi) is 4.52. The van der Waals surface area contributed by atoms with Gasteiger partial charge in [-0.1, -0.05) is 31.2 Å². The molecule has 0 saturated carbocycles. The van der Waals surface area contributed by atoms with Crippen LogP contribution in [-0.2, 0) is 17.6 Å². The summed E-state index contributed by atoms with van der Waals surface area (Å²) in [5.74, 6) is 0.553. The first-order valence-electron chi connectivity index (χ1n) is 9.14. The summed E-state index contributed by atoms with van der Waals surface area (Å²) in [6, 6.07) is 12.1. The zero-order valence-corrected chi connectivity index (χ0v) is 14.8. The third-order valence-electron chi connectivity index (χ3n) is 5.12. The van der Waals surface area contributed by atoms with Crippen molar-refractivity contribution < 1.29 is 4.79 Å². The smallest absolute Gasteiger partial charge is 0.233 e. The highest BCUT2D eigenvalue weighted by Gasteiger charge is 2.27. The molecule has 3 aromatic rings. The number of H-pyrrole nitrogens is 1. The molecule has 0 spiro atoms. The minimum atomic E-state index is -0.106. The van der Waals surface area contributed by atoms with Gasteiger partial charge in [0.25, 0.3) is 0 Å². The molecule has 1 aliphatic rings. The first-order chi connectivity index (χ1) is 12.8. The second-order valence-electron chi connectivity index (χ2n) is 6.65. The van der Waals surface area contributed by atoms with Crippen LogP contribution in [0, 0.1) is 0 Å². The molecule has 0 fully saturated rings. The number of fused-ring (bicyclic) bond motifs is 1. The molecule has 0 aliphatic heterocycles. The lowest BCUT2D eigenvalue weighted by Crippen LogP contribution is -2.25. The average molecular weight is 346 g/mol. The predicted octanol–water partition coefficient (Wildman–Crippen LogP) is 4.09. The van der Waals surface area contributed by atoms with E-state index in [1.165, 1.54) is 5.56 Å². The maximum Gasteiger partial charge on any atom is 0.233 e. The summed E-state index contributed by atoms with van der Waals surface area (Å²) in [6.45, 7) is 2.07. The monoisotopic (exact) mass is 346 g/mol. The van der Waals surface area contributed by atoms with Crippen LogP contribution in [0.25, 0.3) is 11.3 Å². The van der Waals surface area contributed by atoms with Crippen molar-refractivity contribution in [3.63, 3.8) is 0 Å². The van der Waals surface area contributed by atoms with Crippen LogP contribution in [0.5, 0.6) is 0 Å². The van der Waals surface area contributed by atoms with Gasteiger partial charge in [-0.05, 0) is 48.9 Å². The zero-order valence-electron chi connectivity index (χ0n) is 14.8. The van der Waals surface area contributed by atoms with Crippen molar-refractivity contribution in [1.29, 1.82) is 0 Å². The lowest BCUT2D eigenvalue weighted by molar-refractivity contribution is -0.117. The molecule has 1 aliphatic carbocycles. The summed E-state index contributed by atoms with van der Waals surface area (Å²) < 4.78 is 0. The van der Waals surface area contributed by atoms with E-state index in [4.69, 9.17) is 0 Å². The number of anilines is 1. The standard InChI is InChI=1S/C21H22N4O/c1-2-16-19(15-10-12-22-13-11-15)24-25-20(16)23-21(26)18-9-5-7-14-6-3-4-8-17(14)18/h3-4,6,8,10-13,18H,2,5,7,9H2,1H3,(H2,23,24,25,26)/t18-/m0/s1. The second kappa shape index (κ2) is 7.12. The lowest BCUT2D eigenvalue weighted by atomic mass is 9.82. The molecule has 2 heterocycles. The number of aromatic nitrogens is 3. The van der Waals surface area contributed by atoms with E-state index >= 15 is 0 Å². The Morgan fingerprint density at radius 3 is 2.85 bits per heavy atom. The molecular formula is C21H22N4O. The highest BCUT2D eigenvalue weighted by molar-refractivity contribution is 5.96. The molecule has 0 unspecified atom stereocenters. The number of benzene rings is 1. The van der Waals surface area contributed by atoms with E-state index in [1.54, 1.807) is 12.4 Å². The molecule has 5 nitrogen and oxygen atoms in total. The maximum atomic E-state index is 13.0. The largest absolute Gasteiger partial charge is 0.308 e. The molecule has 5 heteroatoms. The molecule has 4 rings (SSSR count). The quantitative estimate of drug-likeness (QED) is 0.747. The van der Waals surface area contributed by atoms with Crippen LogP contribution in [0.3, 0.4) is 0 Å². The fourth-order valence-electron chi connectivity index (χ4n) is 3.80. The molecule has 1 amide bonds. The van der Waals surface area contributed by atoms with Crippen LogP contribution in [0.1, 0.15) is 42.4 Å². The van der Waals surface area contributed by atoms with E-state index in [9.17, 15) is 4.79 Å². The van der Waals surface area contributed by atoms with Gasteiger partial charge < -0.3 is 5.32 Å². The predicted molar refractivity (Wildman–Crippen MR) is 102 cm³/mol. The minimum Gasteiger partial charge on any atom is -0.308 e. The van der Waals surface area contributed by atoms with Crippen LogP contribution in [0.4, 0.5) is 5.82 Å². The van der Waals surface area contributed by atoms with Gasteiger partial charge in [0.15, 0.2) is 5.82 Å². The van der Waals surface area contributed by atoms with Crippen molar-refractivity contribution in [2.24, 2.45) is 0 Å². The van der Waals surface area contributed by atoms with Gasteiger partial charge in [0.05, 0.1) is 11.6 Å². The number of aromatic amines is 1. The molecule has 2 aromatic heterocycles. The molecule has 0 radical (unpaired) electrons. The number of nitrogens with one attached hydrogen (secondary N) is 2. The summed E-state index contributed by atoms with van der Waals surface area (Å²) in [7, 11) is 0. The number of hydrogen-bond donors (Lipinski definition) is 2. The summed E-state index contributed by atoms with van der Waals surface area (Å²) in [5.41, 5.74) is 5.42. The van der Waals surface area contributed by atoms with Gasteiger partial charge in [0.2, 0.25) is 5.91 Å². The van der Waals surface area contributed by atoms with Crippen molar-refractivity contribution in [3.8, 4) is 11.3 Å². The van der Waals surface area contributed by atoms with Gasteiger partial charge in [-0.2, -0.15) is 5.10 Å². The van der Waals surface area contributed by atoms with E-state index in [0.29, 0.717) is 5.82 Å². The van der Waals surface area contributed by atoms with Crippen LogP contribution >= 0.6 is 0 Å². The molecule has 1 aromatic carbocycles. The summed E-state index contributed by atoms with van der Waals surface area (Å²) in [5, 5.41) is 10.5. The SMILES string of the molecule is CCc1c(NC(=O)[C@H]2CCCc3ccccc32)n[nH]c1-c1ccncc1. The third kappa shape index (κ3) is 3.01. The van der Waals surface area contributed by atoms with Gasteiger partial charge in [0, 0.05) is 23.5 Å². The Morgan fingerprint density at radius 1 is 1.23 bits per heavy atom. The van der Waals surface area contributed by atoms with Crippen LogP contribution < -0.4 is 5.32 Å². The Balaban J connectivity index is 1.61. The first-order valence-corrected chi connectivity index (χ1v) is 9.14. The van der Waals surface area contributed by atoms with Crippen molar-refractivity contribution in [3.05, 3.63) is 65.5 Å². The molecule has 0 saturated heterocycles. The molecule has 0 bridgehead atoms. The van der Waals surface area contributed by atoms with Crippen molar-refractivity contribution >= 4 is 11.7 Å². The Morgan fingerprint density at radius 2 is 2.04 bits per heavy atom. The fourth-order valence-corrected chi connectivity index (χ4v) is 3.80. The van der Waals surface area contributed by atoms with Crippen molar-refractivity contribution in [1.82, 2.24) is 15.2 Å². The molecule has 1 atom stereocenters. The first kappa shape index (κ1) is 16.5. The normalized spacial score (nSPS) is 16.1. The zero-order chi connectivity index (χ0) is 17.9. The number of aryl methyl sites for hydroxylation is 1. The lowest BCUT2D eigenvalue weighted by Gasteiger charge is -2.24. The number of carbonyl (C=O) groups is 1. The highest BCUT2D eigenvalue weighted by Crippen LogP contribution is 2.33. The average Bonchev–Trinajstić information content (AvgIpc) is 3.10. The van der Waals surface area contributed by atoms with Crippen molar-refractivity contribution in [2.45, 2.75) is 38.5 Å². The summed E-state index contributed by atoms with van der Waals surface area (Å²) in [4.78, 5) is 17.0. The Bertz CT molecular complexity index is 917. The van der Waals surface area contributed by atoms with Gasteiger partial charge in [-0.3, -0.25) is 14.9 Å². The molecule has 132 valence electrons. The Hall–Kier alpha value is -2.95.